The number of hydrogen-bond donors (Lipinski definition) is 1. The van der Waals surface area contributed by atoms with Crippen LogP contribution in [0.4, 0.5) is 4.39 Å². The van der Waals surface area contributed by atoms with Gasteiger partial charge in [-0.3, -0.25) is 9.59 Å². The van der Waals surface area contributed by atoms with Crippen molar-refractivity contribution in [2.24, 2.45) is 0 Å². The zero-order valence-electron chi connectivity index (χ0n) is 16.4. The van der Waals surface area contributed by atoms with Crippen molar-refractivity contribution in [3.8, 4) is 0 Å². The maximum atomic E-state index is 14.0. The number of likely N-dealkylation sites (tertiary alicyclic amines) is 1. The van der Waals surface area contributed by atoms with Gasteiger partial charge in [0, 0.05) is 35.5 Å². The second kappa shape index (κ2) is 8.85. The van der Waals surface area contributed by atoms with Gasteiger partial charge in [0.05, 0.1) is 17.9 Å². The molecule has 0 spiro atoms. The Labute approximate surface area is 186 Å². The number of aromatic nitrogens is 2. The van der Waals surface area contributed by atoms with E-state index in [1.807, 2.05) is 10.8 Å². The van der Waals surface area contributed by atoms with Gasteiger partial charge in [-0.15, -0.1) is 0 Å². The number of nitrogens with zero attached hydrogens (tertiary/aromatic N) is 3. The first-order valence-corrected chi connectivity index (χ1v) is 10.5. The Morgan fingerprint density at radius 3 is 2.58 bits per heavy atom. The van der Waals surface area contributed by atoms with Crippen LogP contribution in [0.3, 0.4) is 0 Å². The Kier molecular flexibility index (Phi) is 5.99. The summed E-state index contributed by atoms with van der Waals surface area (Å²) >= 11 is 3.34. The Balaban J connectivity index is 1.73. The molecule has 0 radical (unpaired) electrons. The lowest BCUT2D eigenvalue weighted by molar-refractivity contribution is -0.139. The number of hydrogen-bond acceptors (Lipinski definition) is 4. The molecule has 2 heterocycles. The molecule has 0 aliphatic carbocycles. The van der Waals surface area contributed by atoms with E-state index in [9.17, 15) is 19.1 Å². The van der Waals surface area contributed by atoms with E-state index in [4.69, 9.17) is 0 Å². The number of rotatable bonds is 6. The molecular weight excluding hydrogens is 465 g/mol. The van der Waals surface area contributed by atoms with E-state index >= 15 is 0 Å². The van der Waals surface area contributed by atoms with Crippen LogP contribution in [-0.2, 0) is 16.1 Å². The summed E-state index contributed by atoms with van der Waals surface area (Å²) in [5, 5.41) is 11.0. The summed E-state index contributed by atoms with van der Waals surface area (Å²) in [6, 6.07) is 11.6. The van der Waals surface area contributed by atoms with Crippen LogP contribution in [0.1, 0.15) is 23.6 Å². The normalized spacial score (nSPS) is 18.0. The van der Waals surface area contributed by atoms with Crippen LogP contribution in [0.25, 0.3) is 5.76 Å². The molecule has 158 valence electrons. The van der Waals surface area contributed by atoms with Gasteiger partial charge in [0.2, 0.25) is 0 Å². The molecule has 1 amide bonds. The minimum Gasteiger partial charge on any atom is -0.507 e. The van der Waals surface area contributed by atoms with Crippen molar-refractivity contribution in [1.82, 2.24) is 14.5 Å². The molecule has 4 rings (SSSR count). The molecule has 1 aliphatic heterocycles. The number of aliphatic hydroxyl groups excluding tert-OH is 1. The van der Waals surface area contributed by atoms with Gasteiger partial charge < -0.3 is 14.6 Å². The van der Waals surface area contributed by atoms with Gasteiger partial charge in [0.15, 0.2) is 0 Å². The molecule has 1 aromatic heterocycles. The number of ketones is 1. The maximum absolute atomic E-state index is 14.0. The Morgan fingerprint density at radius 1 is 1.13 bits per heavy atom. The topological polar surface area (TPSA) is 75.4 Å². The fourth-order valence-electron chi connectivity index (χ4n) is 3.74. The molecule has 0 saturated carbocycles. The van der Waals surface area contributed by atoms with Crippen LogP contribution < -0.4 is 0 Å². The number of halogens is 2. The summed E-state index contributed by atoms with van der Waals surface area (Å²) in [6.45, 7) is 0.868. The number of carbonyl (C=O) groups excluding carboxylic acids is 2. The van der Waals surface area contributed by atoms with Gasteiger partial charge in [-0.25, -0.2) is 9.37 Å². The summed E-state index contributed by atoms with van der Waals surface area (Å²) in [6.07, 6.45) is 5.71. The number of amides is 1. The molecule has 0 bridgehead atoms. The number of Topliss-reactive ketones (excluding diaryl/α,β-unsaturated/α-hetero) is 1. The molecule has 8 heteroatoms. The quantitative estimate of drug-likeness (QED) is 0.322. The van der Waals surface area contributed by atoms with Gasteiger partial charge in [0.1, 0.15) is 11.6 Å². The van der Waals surface area contributed by atoms with E-state index in [0.29, 0.717) is 24.1 Å². The average Bonchev–Trinajstić information content (AvgIpc) is 3.36. The SMILES string of the molecule is O=C1C(=O)N(CCCn2ccnc2)C(c2cccc(F)c2)/C1=C(/O)c1ccc(Br)cc1. The Morgan fingerprint density at radius 2 is 1.90 bits per heavy atom. The van der Waals surface area contributed by atoms with Crippen LogP contribution >= 0.6 is 15.9 Å². The number of imidazole rings is 1. The molecule has 1 aliphatic rings. The molecule has 1 N–H and O–H groups in total. The first-order chi connectivity index (χ1) is 15.0. The van der Waals surface area contributed by atoms with E-state index in [1.165, 1.54) is 23.1 Å². The zero-order valence-corrected chi connectivity index (χ0v) is 18.0. The monoisotopic (exact) mass is 483 g/mol. The summed E-state index contributed by atoms with van der Waals surface area (Å²) in [4.78, 5) is 31.2. The highest BCUT2D eigenvalue weighted by Crippen LogP contribution is 2.39. The Bertz CT molecular complexity index is 1140. The Hall–Kier alpha value is -3.26. The van der Waals surface area contributed by atoms with Gasteiger partial charge >= 0.3 is 0 Å². The van der Waals surface area contributed by atoms with Crippen molar-refractivity contribution in [2.75, 3.05) is 6.54 Å². The third-order valence-corrected chi connectivity index (χ3v) is 5.73. The number of aryl methyl sites for hydroxylation is 1. The van der Waals surface area contributed by atoms with E-state index in [0.717, 1.165) is 4.47 Å². The summed E-state index contributed by atoms with van der Waals surface area (Å²) in [5.74, 6) is -2.25. The first-order valence-electron chi connectivity index (χ1n) is 9.71. The summed E-state index contributed by atoms with van der Waals surface area (Å²) < 4.78 is 16.7. The second-order valence-corrected chi connectivity index (χ2v) is 8.12. The highest BCUT2D eigenvalue weighted by Gasteiger charge is 2.45. The molecule has 1 saturated heterocycles. The van der Waals surface area contributed by atoms with Crippen molar-refractivity contribution in [2.45, 2.75) is 19.0 Å². The van der Waals surface area contributed by atoms with Crippen molar-refractivity contribution < 1.29 is 19.1 Å². The molecule has 1 unspecified atom stereocenters. The van der Waals surface area contributed by atoms with Crippen molar-refractivity contribution in [3.63, 3.8) is 0 Å². The highest BCUT2D eigenvalue weighted by atomic mass is 79.9. The molecular formula is C23H19BrFN3O3. The maximum Gasteiger partial charge on any atom is 0.295 e. The van der Waals surface area contributed by atoms with Crippen molar-refractivity contribution in [3.05, 3.63) is 94.2 Å². The van der Waals surface area contributed by atoms with Crippen LogP contribution in [0, 0.1) is 5.82 Å². The van der Waals surface area contributed by atoms with Crippen molar-refractivity contribution in [1.29, 1.82) is 0 Å². The fraction of sp³-hybridized carbons (Fsp3) is 0.174. The van der Waals surface area contributed by atoms with Crippen LogP contribution in [-0.4, -0.2) is 37.8 Å². The molecule has 3 aromatic rings. The van der Waals surface area contributed by atoms with Crippen LogP contribution in [0.2, 0.25) is 0 Å². The molecule has 31 heavy (non-hydrogen) atoms. The molecule has 2 aromatic carbocycles. The minimum atomic E-state index is -0.873. The third kappa shape index (κ3) is 4.29. The first kappa shape index (κ1) is 21.0. The predicted octanol–water partition coefficient (Wildman–Crippen LogP) is 4.30. The second-order valence-electron chi connectivity index (χ2n) is 7.21. The highest BCUT2D eigenvalue weighted by molar-refractivity contribution is 9.10. The number of aliphatic hydroxyl groups is 1. The summed E-state index contributed by atoms with van der Waals surface area (Å²) in [7, 11) is 0. The van der Waals surface area contributed by atoms with E-state index < -0.39 is 23.5 Å². The average molecular weight is 484 g/mol. The fourth-order valence-corrected chi connectivity index (χ4v) is 4.00. The molecule has 1 fully saturated rings. The number of carbonyl (C=O) groups is 2. The minimum absolute atomic E-state index is 0.0412. The zero-order chi connectivity index (χ0) is 22.0. The van der Waals surface area contributed by atoms with Crippen LogP contribution in [0.15, 0.2) is 77.3 Å². The van der Waals surface area contributed by atoms with Gasteiger partial charge in [-0.1, -0.05) is 40.2 Å². The predicted molar refractivity (Wildman–Crippen MR) is 116 cm³/mol. The lowest BCUT2D eigenvalue weighted by Gasteiger charge is -2.25. The largest absolute Gasteiger partial charge is 0.507 e. The standard InChI is InChI=1S/C23H19BrFN3O3/c24-17-7-5-15(6-8-17)21(29)19-20(16-3-1-4-18(25)13-16)28(23(31)22(19)30)11-2-10-27-12-9-26-14-27/h1,3-9,12-14,20,29H,2,10-11H2/b21-19-. The van der Waals surface area contributed by atoms with Gasteiger partial charge in [-0.05, 0) is 36.2 Å². The van der Waals surface area contributed by atoms with E-state index in [2.05, 4.69) is 20.9 Å². The number of benzene rings is 2. The third-order valence-electron chi connectivity index (χ3n) is 5.20. The van der Waals surface area contributed by atoms with E-state index in [1.54, 1.807) is 42.9 Å². The molecule has 1 atom stereocenters. The lowest BCUT2D eigenvalue weighted by atomic mass is 9.95. The van der Waals surface area contributed by atoms with Gasteiger partial charge in [0.25, 0.3) is 11.7 Å². The van der Waals surface area contributed by atoms with E-state index in [-0.39, 0.29) is 17.9 Å². The molecule has 6 nitrogen and oxygen atoms in total. The smallest absolute Gasteiger partial charge is 0.295 e. The van der Waals surface area contributed by atoms with Gasteiger partial charge in [-0.2, -0.15) is 0 Å². The van der Waals surface area contributed by atoms with Crippen LogP contribution in [0.5, 0.6) is 0 Å². The summed E-state index contributed by atoms with van der Waals surface area (Å²) in [5.41, 5.74) is 0.794. The lowest BCUT2D eigenvalue weighted by Crippen LogP contribution is -2.31. The van der Waals surface area contributed by atoms with Crippen molar-refractivity contribution >= 4 is 33.4 Å².